The van der Waals surface area contributed by atoms with E-state index in [-0.39, 0.29) is 0 Å². The first kappa shape index (κ1) is 15.6. The van der Waals surface area contributed by atoms with Gasteiger partial charge in [-0.25, -0.2) is 0 Å². The Morgan fingerprint density at radius 3 is 2.05 bits per heavy atom. The maximum absolute atomic E-state index is 10.4. The van der Waals surface area contributed by atoms with E-state index in [1.807, 2.05) is 6.92 Å². The van der Waals surface area contributed by atoms with Gasteiger partial charge in [-0.15, -0.1) is 0 Å². The minimum Gasteiger partial charge on any atom is -0.507 e. The number of hydrogen-bond acceptors (Lipinski definition) is 1. The van der Waals surface area contributed by atoms with Gasteiger partial charge in [-0.3, -0.25) is 0 Å². The van der Waals surface area contributed by atoms with Gasteiger partial charge in [0.1, 0.15) is 5.75 Å². The summed E-state index contributed by atoms with van der Waals surface area (Å²) in [5, 5.41) is 10.4. The topological polar surface area (TPSA) is 20.2 Å². The van der Waals surface area contributed by atoms with E-state index in [1.54, 1.807) is 0 Å². The Bertz CT molecular complexity index is 511. The average Bonchev–Trinajstić information content (AvgIpc) is 2.31. The Morgan fingerprint density at radius 2 is 1.53 bits per heavy atom. The molecular formula is C18H26O. The first-order valence-corrected chi connectivity index (χ1v) is 6.90. The lowest BCUT2D eigenvalue weighted by Crippen LogP contribution is -1.97. The lowest BCUT2D eigenvalue weighted by molar-refractivity contribution is 0.464. The molecule has 0 aliphatic carbocycles. The summed E-state index contributed by atoms with van der Waals surface area (Å²) >= 11 is 0. The van der Waals surface area contributed by atoms with Crippen molar-refractivity contribution in [1.82, 2.24) is 0 Å². The van der Waals surface area contributed by atoms with Crippen molar-refractivity contribution in [1.29, 1.82) is 0 Å². The smallest absolute Gasteiger partial charge is 0.122 e. The third kappa shape index (κ3) is 4.27. The molecule has 1 rings (SSSR count). The summed E-state index contributed by atoms with van der Waals surface area (Å²) in [6.45, 7) is 12.5. The molecule has 1 heteroatoms. The third-order valence-electron chi connectivity index (χ3n) is 3.43. The van der Waals surface area contributed by atoms with Gasteiger partial charge in [0.15, 0.2) is 0 Å². The minimum absolute atomic E-state index is 0.467. The molecule has 1 N–H and O–H groups in total. The Balaban J connectivity index is 3.15. The van der Waals surface area contributed by atoms with Crippen molar-refractivity contribution < 1.29 is 5.11 Å². The van der Waals surface area contributed by atoms with Crippen molar-refractivity contribution in [3.8, 4) is 5.75 Å². The maximum atomic E-state index is 10.4. The van der Waals surface area contributed by atoms with Gasteiger partial charge >= 0.3 is 0 Å². The monoisotopic (exact) mass is 258 g/mol. The summed E-state index contributed by atoms with van der Waals surface area (Å²) in [6, 6.07) is 2.21. The van der Waals surface area contributed by atoms with Gasteiger partial charge in [0.2, 0.25) is 0 Å². The highest BCUT2D eigenvalue weighted by atomic mass is 16.3. The summed E-state index contributed by atoms with van der Waals surface area (Å²) in [7, 11) is 0. The fourth-order valence-corrected chi connectivity index (χ4v) is 2.11. The van der Waals surface area contributed by atoms with Gasteiger partial charge < -0.3 is 5.11 Å². The zero-order valence-electron chi connectivity index (χ0n) is 13.1. The van der Waals surface area contributed by atoms with Crippen LogP contribution in [0.3, 0.4) is 0 Å². The third-order valence-corrected chi connectivity index (χ3v) is 3.43. The number of benzene rings is 1. The highest BCUT2D eigenvalue weighted by molar-refractivity contribution is 5.50. The van der Waals surface area contributed by atoms with Crippen LogP contribution in [0.1, 0.15) is 49.9 Å². The van der Waals surface area contributed by atoms with Crippen molar-refractivity contribution in [3.63, 3.8) is 0 Å². The van der Waals surface area contributed by atoms with E-state index in [9.17, 15) is 5.11 Å². The summed E-state index contributed by atoms with van der Waals surface area (Å²) in [5.41, 5.74) is 7.06. The number of aromatic hydroxyl groups is 1. The Hall–Kier alpha value is -1.50. The quantitative estimate of drug-likeness (QED) is 0.751. The van der Waals surface area contributed by atoms with E-state index in [0.717, 1.165) is 24.0 Å². The van der Waals surface area contributed by atoms with Crippen molar-refractivity contribution >= 4 is 0 Å². The van der Waals surface area contributed by atoms with E-state index < -0.39 is 0 Å². The zero-order chi connectivity index (χ0) is 14.6. The molecule has 0 fully saturated rings. The van der Waals surface area contributed by atoms with Gasteiger partial charge in [0.25, 0.3) is 0 Å². The lowest BCUT2D eigenvalue weighted by Gasteiger charge is -2.14. The second kappa shape index (κ2) is 6.60. The molecular weight excluding hydrogens is 232 g/mol. The Labute approximate surface area is 117 Å². The molecule has 0 aliphatic heterocycles. The Morgan fingerprint density at radius 1 is 1.00 bits per heavy atom. The predicted molar refractivity (Wildman–Crippen MR) is 83.9 cm³/mol. The van der Waals surface area contributed by atoms with Crippen molar-refractivity contribution in [3.05, 3.63) is 51.6 Å². The van der Waals surface area contributed by atoms with Crippen LogP contribution in [-0.4, -0.2) is 5.11 Å². The van der Waals surface area contributed by atoms with Crippen LogP contribution in [0.2, 0.25) is 0 Å². The summed E-state index contributed by atoms with van der Waals surface area (Å²) < 4.78 is 0. The van der Waals surface area contributed by atoms with Crippen LogP contribution in [-0.2, 0) is 12.8 Å². The molecule has 0 radical (unpaired) electrons. The number of hydrogen-bond donors (Lipinski definition) is 1. The number of phenols is 1. The molecule has 19 heavy (non-hydrogen) atoms. The molecule has 0 aromatic heterocycles. The zero-order valence-corrected chi connectivity index (χ0v) is 13.1. The predicted octanol–water partition coefficient (Wildman–Crippen LogP) is 5.03. The van der Waals surface area contributed by atoms with E-state index >= 15 is 0 Å². The number of aryl methyl sites for hydroxylation is 1. The van der Waals surface area contributed by atoms with Crippen LogP contribution in [0.4, 0.5) is 0 Å². The standard InChI is InChI=1S/C18H26O/c1-12(2)7-9-16-11-14(5)17(10-8-13(3)4)18(19)15(16)6/h7-8,11,19H,9-10H2,1-6H3. The summed E-state index contributed by atoms with van der Waals surface area (Å²) in [6.07, 6.45) is 6.07. The van der Waals surface area contributed by atoms with Gasteiger partial charge in [-0.05, 0) is 71.1 Å². The first-order chi connectivity index (χ1) is 8.82. The van der Waals surface area contributed by atoms with Crippen LogP contribution in [0, 0.1) is 13.8 Å². The fraction of sp³-hybridized carbons (Fsp3) is 0.444. The van der Waals surface area contributed by atoms with Crippen LogP contribution < -0.4 is 0 Å². The molecule has 0 saturated carbocycles. The molecule has 104 valence electrons. The van der Waals surface area contributed by atoms with Crippen molar-refractivity contribution in [2.24, 2.45) is 0 Å². The van der Waals surface area contributed by atoms with E-state index in [0.29, 0.717) is 5.75 Å². The molecule has 0 aliphatic rings. The molecule has 0 heterocycles. The first-order valence-electron chi connectivity index (χ1n) is 6.90. The summed E-state index contributed by atoms with van der Waals surface area (Å²) in [4.78, 5) is 0. The summed E-state index contributed by atoms with van der Waals surface area (Å²) in [5.74, 6) is 0.467. The highest BCUT2D eigenvalue weighted by Crippen LogP contribution is 2.30. The molecule has 0 amide bonds. The number of rotatable bonds is 4. The molecule has 0 atom stereocenters. The van der Waals surface area contributed by atoms with E-state index in [2.05, 4.69) is 52.8 Å². The minimum atomic E-state index is 0.467. The molecule has 1 nitrogen and oxygen atoms in total. The second-order valence-electron chi connectivity index (χ2n) is 5.78. The average molecular weight is 258 g/mol. The molecule has 0 saturated heterocycles. The van der Waals surface area contributed by atoms with Crippen LogP contribution in [0.5, 0.6) is 5.75 Å². The van der Waals surface area contributed by atoms with Crippen LogP contribution >= 0.6 is 0 Å². The maximum Gasteiger partial charge on any atom is 0.122 e. The van der Waals surface area contributed by atoms with Crippen LogP contribution in [0.15, 0.2) is 29.4 Å². The van der Waals surface area contributed by atoms with Gasteiger partial charge in [0.05, 0.1) is 0 Å². The highest BCUT2D eigenvalue weighted by Gasteiger charge is 2.11. The Kier molecular flexibility index (Phi) is 5.41. The van der Waals surface area contributed by atoms with E-state index in [4.69, 9.17) is 0 Å². The normalized spacial score (nSPS) is 10.2. The molecule has 0 unspecified atom stereocenters. The van der Waals surface area contributed by atoms with E-state index in [1.165, 1.54) is 22.3 Å². The number of phenolic OH excluding ortho intramolecular Hbond substituents is 1. The number of allylic oxidation sites excluding steroid dienone is 4. The second-order valence-corrected chi connectivity index (χ2v) is 5.78. The largest absolute Gasteiger partial charge is 0.507 e. The van der Waals surface area contributed by atoms with Crippen LogP contribution in [0.25, 0.3) is 0 Å². The molecule has 1 aromatic carbocycles. The van der Waals surface area contributed by atoms with Crippen molar-refractivity contribution in [2.45, 2.75) is 54.4 Å². The lowest BCUT2D eigenvalue weighted by atomic mass is 9.94. The van der Waals surface area contributed by atoms with Gasteiger partial charge in [0, 0.05) is 5.56 Å². The van der Waals surface area contributed by atoms with Gasteiger partial charge in [-0.1, -0.05) is 29.4 Å². The fourth-order valence-electron chi connectivity index (χ4n) is 2.11. The SMILES string of the molecule is CC(C)=CCc1cc(C)c(CC=C(C)C)c(O)c1C. The molecule has 0 spiro atoms. The van der Waals surface area contributed by atoms with Gasteiger partial charge in [-0.2, -0.15) is 0 Å². The molecule has 1 aromatic rings. The molecule has 0 bridgehead atoms. The van der Waals surface area contributed by atoms with Crippen molar-refractivity contribution in [2.75, 3.05) is 0 Å².